The van der Waals surface area contributed by atoms with Gasteiger partial charge in [0.15, 0.2) is 0 Å². The zero-order valence-corrected chi connectivity index (χ0v) is 21.6. The number of hydrogen-bond acceptors (Lipinski definition) is 8. The van der Waals surface area contributed by atoms with Crippen molar-refractivity contribution in [2.75, 3.05) is 0 Å². The number of nitrogens with two attached hydrogens (primary N) is 2. The van der Waals surface area contributed by atoms with Gasteiger partial charge in [-0.3, -0.25) is 19.2 Å². The predicted octanol–water partition coefficient (Wildman–Crippen LogP) is 1.38. The lowest BCUT2D eigenvalue weighted by Gasteiger charge is -2.16. The fourth-order valence-electron chi connectivity index (χ4n) is 3.10. The van der Waals surface area contributed by atoms with Gasteiger partial charge in [-0.15, -0.1) is 0 Å². The molecule has 0 spiro atoms. The zero-order chi connectivity index (χ0) is 28.2. The number of carbonyl (C=O) groups excluding carboxylic acids is 4. The van der Waals surface area contributed by atoms with E-state index in [1.165, 1.54) is 12.1 Å². The van der Waals surface area contributed by atoms with Crippen molar-refractivity contribution in [1.29, 1.82) is 0 Å². The van der Waals surface area contributed by atoms with Gasteiger partial charge >= 0.3 is 11.9 Å². The van der Waals surface area contributed by atoms with E-state index in [4.69, 9.17) is 11.5 Å². The molecule has 0 radical (unpaired) electrons. The number of hydrogen-bond donors (Lipinski definition) is 6. The zero-order valence-electron chi connectivity index (χ0n) is 19.9. The summed E-state index contributed by atoms with van der Waals surface area (Å²) in [6.45, 7) is 0. The number of aliphatic carboxylic acids is 2. The fourth-order valence-corrected chi connectivity index (χ4v) is 5.46. The Kier molecular flexibility index (Phi) is 11.6. The van der Waals surface area contributed by atoms with Crippen LogP contribution in [0.5, 0.6) is 0 Å². The Labute approximate surface area is 225 Å². The molecule has 0 aromatic heterocycles. The number of rotatable bonds is 15. The van der Waals surface area contributed by atoms with Crippen molar-refractivity contribution in [3.8, 4) is 0 Å². The first-order chi connectivity index (χ1) is 18.0. The Balaban J connectivity index is 2.17. The Hall–Kier alpha value is -4.04. The Morgan fingerprint density at radius 2 is 1.00 bits per heavy atom. The summed E-state index contributed by atoms with van der Waals surface area (Å²) in [4.78, 5) is 71.6. The number of nitrogens with one attached hydrogen (secondary N) is 2. The first kappa shape index (κ1) is 30.2. The number of benzene rings is 2. The summed E-state index contributed by atoms with van der Waals surface area (Å²) in [6, 6.07) is 10.2. The van der Waals surface area contributed by atoms with Crippen LogP contribution in [0.25, 0.3) is 0 Å². The Morgan fingerprint density at radius 3 is 1.32 bits per heavy atom. The van der Waals surface area contributed by atoms with E-state index in [0.29, 0.717) is 9.79 Å². The third-order valence-electron chi connectivity index (χ3n) is 5.05. The maximum atomic E-state index is 12.8. The minimum atomic E-state index is -1.32. The molecule has 0 bridgehead atoms. The summed E-state index contributed by atoms with van der Waals surface area (Å²) in [5.41, 5.74) is 10.5. The second kappa shape index (κ2) is 14.6. The molecule has 2 atom stereocenters. The van der Waals surface area contributed by atoms with Gasteiger partial charge in [0.25, 0.3) is 11.8 Å². The molecule has 4 amide bonds. The summed E-state index contributed by atoms with van der Waals surface area (Å²) in [7, 11) is 2.26. The van der Waals surface area contributed by atoms with Crippen LogP contribution in [0.1, 0.15) is 46.4 Å². The third-order valence-corrected chi connectivity index (χ3v) is 7.53. The van der Waals surface area contributed by atoms with Crippen LogP contribution in [0.15, 0.2) is 58.3 Å². The number of carboxylic acids is 2. The second-order valence-corrected chi connectivity index (χ2v) is 10.1. The molecule has 202 valence electrons. The van der Waals surface area contributed by atoms with E-state index in [9.17, 15) is 39.0 Å². The smallest absolute Gasteiger partial charge is 0.326 e. The molecule has 0 fully saturated rings. The van der Waals surface area contributed by atoms with Gasteiger partial charge in [-0.05, 0) is 37.1 Å². The van der Waals surface area contributed by atoms with E-state index in [1.54, 1.807) is 36.4 Å². The largest absolute Gasteiger partial charge is 0.480 e. The predicted molar refractivity (Wildman–Crippen MR) is 139 cm³/mol. The Morgan fingerprint density at radius 1 is 0.658 bits per heavy atom. The highest BCUT2D eigenvalue weighted by molar-refractivity contribution is 8.76. The molecule has 14 heteroatoms. The first-order valence-electron chi connectivity index (χ1n) is 11.2. The van der Waals surface area contributed by atoms with Crippen LogP contribution in [-0.4, -0.2) is 57.9 Å². The number of amides is 4. The van der Waals surface area contributed by atoms with Crippen LogP contribution >= 0.6 is 21.6 Å². The van der Waals surface area contributed by atoms with Crippen molar-refractivity contribution in [2.45, 2.75) is 47.6 Å². The first-order valence-corrected chi connectivity index (χ1v) is 13.3. The van der Waals surface area contributed by atoms with Crippen LogP contribution in [0, 0.1) is 0 Å². The number of carboxylic acid groups (broad SMARTS) is 2. The molecular formula is C24H26N4O8S2. The average molecular weight is 563 g/mol. The van der Waals surface area contributed by atoms with Gasteiger partial charge in [0.05, 0.1) is 11.1 Å². The monoisotopic (exact) mass is 562 g/mol. The molecule has 2 aromatic carbocycles. The van der Waals surface area contributed by atoms with Gasteiger partial charge in [0.1, 0.15) is 12.1 Å². The molecular weight excluding hydrogens is 536 g/mol. The quantitative estimate of drug-likeness (QED) is 0.171. The number of carbonyl (C=O) groups is 6. The van der Waals surface area contributed by atoms with Crippen LogP contribution in [0.3, 0.4) is 0 Å². The van der Waals surface area contributed by atoms with Crippen molar-refractivity contribution in [3.63, 3.8) is 0 Å². The van der Waals surface area contributed by atoms with Gasteiger partial charge in [0, 0.05) is 22.6 Å². The van der Waals surface area contributed by atoms with E-state index < -0.39 is 47.7 Å². The Bertz CT molecular complexity index is 1130. The van der Waals surface area contributed by atoms with Gasteiger partial charge in [-0.1, -0.05) is 45.9 Å². The highest BCUT2D eigenvalue weighted by Crippen LogP contribution is 2.40. The van der Waals surface area contributed by atoms with Crippen LogP contribution in [0.2, 0.25) is 0 Å². The van der Waals surface area contributed by atoms with Gasteiger partial charge in [0.2, 0.25) is 11.8 Å². The lowest BCUT2D eigenvalue weighted by Crippen LogP contribution is -2.41. The van der Waals surface area contributed by atoms with E-state index in [-0.39, 0.29) is 36.8 Å². The third kappa shape index (κ3) is 9.44. The van der Waals surface area contributed by atoms with Crippen LogP contribution in [-0.2, 0) is 19.2 Å². The SMILES string of the molecule is NC(=O)CC[C@H](NC(=O)c1ccccc1SSc1ccccc1C(=O)N[C@@H](CCC(N)=O)C(=O)O)C(=O)O. The number of primary amides is 2. The summed E-state index contributed by atoms with van der Waals surface area (Å²) in [5.74, 6) is -5.35. The molecule has 0 heterocycles. The molecule has 0 saturated carbocycles. The molecule has 12 nitrogen and oxygen atoms in total. The fraction of sp³-hybridized carbons (Fsp3) is 0.250. The summed E-state index contributed by atoms with van der Waals surface area (Å²) < 4.78 is 0. The van der Waals surface area contributed by atoms with Crippen molar-refractivity contribution < 1.29 is 39.0 Å². The van der Waals surface area contributed by atoms with E-state index in [1.807, 2.05) is 0 Å². The average Bonchev–Trinajstić information content (AvgIpc) is 2.87. The van der Waals surface area contributed by atoms with E-state index >= 15 is 0 Å². The lowest BCUT2D eigenvalue weighted by atomic mass is 10.1. The molecule has 2 aromatic rings. The van der Waals surface area contributed by atoms with Gasteiger partial charge in [-0.25, -0.2) is 9.59 Å². The normalized spacial score (nSPS) is 12.1. The molecule has 0 aliphatic heterocycles. The maximum absolute atomic E-state index is 12.8. The molecule has 2 rings (SSSR count). The van der Waals surface area contributed by atoms with E-state index in [0.717, 1.165) is 21.6 Å². The second-order valence-electron chi connectivity index (χ2n) is 7.90. The van der Waals surface area contributed by atoms with Crippen LogP contribution in [0.4, 0.5) is 0 Å². The molecule has 0 aliphatic rings. The molecule has 0 saturated heterocycles. The topological polar surface area (TPSA) is 219 Å². The minimum absolute atomic E-state index is 0.167. The molecule has 8 N–H and O–H groups in total. The minimum Gasteiger partial charge on any atom is -0.480 e. The van der Waals surface area contributed by atoms with Crippen molar-refractivity contribution >= 4 is 57.2 Å². The highest BCUT2D eigenvalue weighted by atomic mass is 33.1. The lowest BCUT2D eigenvalue weighted by molar-refractivity contribution is -0.140. The van der Waals surface area contributed by atoms with Crippen molar-refractivity contribution in [2.24, 2.45) is 11.5 Å². The summed E-state index contributed by atoms with van der Waals surface area (Å²) >= 11 is 0. The summed E-state index contributed by atoms with van der Waals surface area (Å²) in [5, 5.41) is 23.5. The highest BCUT2D eigenvalue weighted by Gasteiger charge is 2.24. The molecule has 38 heavy (non-hydrogen) atoms. The van der Waals surface area contributed by atoms with Gasteiger partial charge < -0.3 is 32.3 Å². The maximum Gasteiger partial charge on any atom is 0.326 e. The van der Waals surface area contributed by atoms with E-state index in [2.05, 4.69) is 10.6 Å². The molecule has 0 aliphatic carbocycles. The van der Waals surface area contributed by atoms with Crippen molar-refractivity contribution in [3.05, 3.63) is 59.7 Å². The van der Waals surface area contributed by atoms with Crippen molar-refractivity contribution in [1.82, 2.24) is 10.6 Å². The summed E-state index contributed by atoms with van der Waals surface area (Å²) in [6.07, 6.45) is -0.763. The van der Waals surface area contributed by atoms with Gasteiger partial charge in [-0.2, -0.15) is 0 Å². The molecule has 0 unspecified atom stereocenters. The standard InChI is InChI=1S/C24H26N4O8S2/c25-19(29)11-9-15(23(33)34)27-21(31)13-5-1-3-7-17(13)37-38-18-8-4-2-6-14(18)22(32)28-16(24(35)36)10-12-20(26)30/h1-8,15-16H,9-12H2,(H2,25,29)(H2,26,30)(H,27,31)(H,28,32)(H,33,34)(H,35,36)/t15-,16-/m0/s1. The van der Waals surface area contributed by atoms with Crippen LogP contribution < -0.4 is 22.1 Å².